The van der Waals surface area contributed by atoms with Gasteiger partial charge in [-0.3, -0.25) is 4.90 Å². The SMILES string of the molecule is CCNC1c2ccccc2CCC1N(C)C(CC)CC. The number of nitrogens with zero attached hydrogens (tertiary/aromatic N) is 1. The lowest BCUT2D eigenvalue weighted by molar-refractivity contribution is 0.117. The molecule has 1 aliphatic carbocycles. The first kappa shape index (κ1) is 15.5. The van der Waals surface area contributed by atoms with Gasteiger partial charge in [0.2, 0.25) is 0 Å². The molecule has 1 aliphatic rings. The summed E-state index contributed by atoms with van der Waals surface area (Å²) in [5.74, 6) is 0. The van der Waals surface area contributed by atoms with Crippen LogP contribution in [0.25, 0.3) is 0 Å². The number of rotatable bonds is 6. The quantitative estimate of drug-likeness (QED) is 0.849. The fourth-order valence-electron chi connectivity index (χ4n) is 3.78. The average molecular weight is 274 g/mol. The van der Waals surface area contributed by atoms with Crippen molar-refractivity contribution in [2.24, 2.45) is 0 Å². The summed E-state index contributed by atoms with van der Waals surface area (Å²) in [6.45, 7) is 7.87. The molecule has 2 unspecified atom stereocenters. The maximum Gasteiger partial charge on any atom is 0.0480 e. The smallest absolute Gasteiger partial charge is 0.0480 e. The number of aryl methyl sites for hydroxylation is 1. The van der Waals surface area contributed by atoms with Crippen LogP contribution in [-0.4, -0.2) is 30.6 Å². The molecule has 1 aromatic rings. The predicted octanol–water partition coefficient (Wildman–Crippen LogP) is 3.77. The summed E-state index contributed by atoms with van der Waals surface area (Å²) in [6, 6.07) is 10.8. The number of nitrogens with one attached hydrogen (secondary N) is 1. The summed E-state index contributed by atoms with van der Waals surface area (Å²) in [5.41, 5.74) is 3.05. The van der Waals surface area contributed by atoms with Crippen LogP contribution in [0.15, 0.2) is 24.3 Å². The van der Waals surface area contributed by atoms with Crippen LogP contribution in [0.2, 0.25) is 0 Å². The van der Waals surface area contributed by atoms with Gasteiger partial charge in [-0.25, -0.2) is 0 Å². The highest BCUT2D eigenvalue weighted by Gasteiger charge is 2.33. The third-order valence-corrected chi connectivity index (χ3v) is 4.95. The van der Waals surface area contributed by atoms with Gasteiger partial charge < -0.3 is 5.32 Å². The van der Waals surface area contributed by atoms with Crippen LogP contribution in [0, 0.1) is 0 Å². The van der Waals surface area contributed by atoms with Gasteiger partial charge in [0.05, 0.1) is 0 Å². The van der Waals surface area contributed by atoms with Crippen molar-refractivity contribution < 1.29 is 0 Å². The van der Waals surface area contributed by atoms with Crippen molar-refractivity contribution in [3.05, 3.63) is 35.4 Å². The number of hydrogen-bond acceptors (Lipinski definition) is 2. The molecule has 0 saturated heterocycles. The van der Waals surface area contributed by atoms with Crippen LogP contribution >= 0.6 is 0 Å². The highest BCUT2D eigenvalue weighted by molar-refractivity contribution is 5.34. The standard InChI is InChI=1S/C18H30N2/c1-5-15(6-2)20(4)17-13-12-14-10-8-9-11-16(14)18(17)19-7-3/h8-11,15,17-19H,5-7,12-13H2,1-4H3. The minimum Gasteiger partial charge on any atom is -0.309 e. The Morgan fingerprint density at radius 3 is 2.55 bits per heavy atom. The van der Waals surface area contributed by atoms with E-state index in [9.17, 15) is 0 Å². The molecule has 0 fully saturated rings. The molecule has 0 amide bonds. The molecule has 1 aromatic carbocycles. The molecule has 0 radical (unpaired) electrons. The maximum atomic E-state index is 3.73. The highest BCUT2D eigenvalue weighted by atomic mass is 15.2. The van der Waals surface area contributed by atoms with Crippen LogP contribution < -0.4 is 5.32 Å². The van der Waals surface area contributed by atoms with E-state index in [0.29, 0.717) is 18.1 Å². The van der Waals surface area contributed by atoms with Gasteiger partial charge >= 0.3 is 0 Å². The van der Waals surface area contributed by atoms with E-state index in [1.54, 1.807) is 0 Å². The maximum absolute atomic E-state index is 3.73. The number of fused-ring (bicyclic) bond motifs is 1. The van der Waals surface area contributed by atoms with Gasteiger partial charge in [-0.1, -0.05) is 45.0 Å². The second kappa shape index (κ2) is 7.24. The number of hydrogen-bond donors (Lipinski definition) is 1. The van der Waals surface area contributed by atoms with E-state index in [1.807, 2.05) is 0 Å². The Bertz CT molecular complexity index is 412. The summed E-state index contributed by atoms with van der Waals surface area (Å²) in [6.07, 6.45) is 4.96. The molecule has 0 bridgehead atoms. The van der Waals surface area contributed by atoms with Crippen molar-refractivity contribution in [1.29, 1.82) is 0 Å². The first-order valence-corrected chi connectivity index (χ1v) is 8.25. The van der Waals surface area contributed by atoms with E-state index in [2.05, 4.69) is 62.3 Å². The van der Waals surface area contributed by atoms with Crippen molar-refractivity contribution in [2.75, 3.05) is 13.6 Å². The molecule has 2 rings (SSSR count). The normalized spacial score (nSPS) is 22.3. The van der Waals surface area contributed by atoms with E-state index < -0.39 is 0 Å². The van der Waals surface area contributed by atoms with Crippen LogP contribution in [0.1, 0.15) is 57.2 Å². The monoisotopic (exact) mass is 274 g/mol. The van der Waals surface area contributed by atoms with Crippen LogP contribution in [-0.2, 0) is 6.42 Å². The van der Waals surface area contributed by atoms with Crippen molar-refractivity contribution in [2.45, 2.75) is 64.6 Å². The van der Waals surface area contributed by atoms with Gasteiger partial charge in [-0.05, 0) is 50.4 Å². The molecule has 0 heterocycles. The molecule has 0 spiro atoms. The third kappa shape index (κ3) is 3.07. The Labute approximate surface area is 124 Å². The van der Waals surface area contributed by atoms with E-state index in [1.165, 1.54) is 36.8 Å². The van der Waals surface area contributed by atoms with Gasteiger partial charge in [0.15, 0.2) is 0 Å². The predicted molar refractivity (Wildman–Crippen MR) is 87.1 cm³/mol. The summed E-state index contributed by atoms with van der Waals surface area (Å²) in [7, 11) is 2.32. The lowest BCUT2D eigenvalue weighted by Gasteiger charge is -2.43. The molecule has 20 heavy (non-hydrogen) atoms. The second-order valence-electron chi connectivity index (χ2n) is 5.98. The first-order valence-electron chi connectivity index (χ1n) is 8.25. The van der Waals surface area contributed by atoms with Crippen LogP contribution in [0.5, 0.6) is 0 Å². The molecule has 112 valence electrons. The van der Waals surface area contributed by atoms with Crippen LogP contribution in [0.4, 0.5) is 0 Å². The molecule has 2 atom stereocenters. The Balaban J connectivity index is 2.25. The van der Waals surface area contributed by atoms with Gasteiger partial charge in [0.1, 0.15) is 0 Å². The summed E-state index contributed by atoms with van der Waals surface area (Å²) < 4.78 is 0. The molecule has 0 saturated carbocycles. The summed E-state index contributed by atoms with van der Waals surface area (Å²) >= 11 is 0. The van der Waals surface area contributed by atoms with Crippen molar-refractivity contribution >= 4 is 0 Å². The Morgan fingerprint density at radius 2 is 1.90 bits per heavy atom. The van der Waals surface area contributed by atoms with Crippen molar-refractivity contribution in [3.8, 4) is 0 Å². The fourth-order valence-corrected chi connectivity index (χ4v) is 3.78. The largest absolute Gasteiger partial charge is 0.309 e. The highest BCUT2D eigenvalue weighted by Crippen LogP contribution is 2.33. The van der Waals surface area contributed by atoms with Gasteiger partial charge in [-0.2, -0.15) is 0 Å². The van der Waals surface area contributed by atoms with E-state index in [4.69, 9.17) is 0 Å². The molecule has 2 heteroatoms. The lowest BCUT2D eigenvalue weighted by Crippen LogP contribution is -2.49. The lowest BCUT2D eigenvalue weighted by atomic mass is 9.82. The molecular formula is C18H30N2. The summed E-state index contributed by atoms with van der Waals surface area (Å²) in [4.78, 5) is 2.63. The Morgan fingerprint density at radius 1 is 1.20 bits per heavy atom. The molecular weight excluding hydrogens is 244 g/mol. The van der Waals surface area contributed by atoms with E-state index in [0.717, 1.165) is 6.54 Å². The van der Waals surface area contributed by atoms with Crippen molar-refractivity contribution in [1.82, 2.24) is 10.2 Å². The topological polar surface area (TPSA) is 15.3 Å². The van der Waals surface area contributed by atoms with Crippen molar-refractivity contribution in [3.63, 3.8) is 0 Å². The average Bonchev–Trinajstić information content (AvgIpc) is 2.49. The molecule has 0 aromatic heterocycles. The first-order chi connectivity index (χ1) is 9.72. The minimum absolute atomic E-state index is 0.482. The van der Waals surface area contributed by atoms with Gasteiger partial charge in [-0.15, -0.1) is 0 Å². The second-order valence-corrected chi connectivity index (χ2v) is 5.98. The molecule has 2 nitrogen and oxygen atoms in total. The van der Waals surface area contributed by atoms with E-state index >= 15 is 0 Å². The van der Waals surface area contributed by atoms with Crippen LogP contribution in [0.3, 0.4) is 0 Å². The number of likely N-dealkylation sites (N-methyl/N-ethyl adjacent to an activating group) is 2. The van der Waals surface area contributed by atoms with Gasteiger partial charge in [0, 0.05) is 18.1 Å². The molecule has 1 N–H and O–H groups in total. The zero-order chi connectivity index (χ0) is 14.5. The minimum atomic E-state index is 0.482. The fraction of sp³-hybridized carbons (Fsp3) is 0.667. The zero-order valence-corrected chi connectivity index (χ0v) is 13.5. The summed E-state index contributed by atoms with van der Waals surface area (Å²) in [5, 5.41) is 3.73. The Hall–Kier alpha value is -0.860. The number of benzene rings is 1. The molecule has 0 aliphatic heterocycles. The van der Waals surface area contributed by atoms with Gasteiger partial charge in [0.25, 0.3) is 0 Å². The van der Waals surface area contributed by atoms with E-state index in [-0.39, 0.29) is 0 Å². The zero-order valence-electron chi connectivity index (χ0n) is 13.5. The Kier molecular flexibility index (Phi) is 5.62. The third-order valence-electron chi connectivity index (χ3n) is 4.95.